The molecule has 8 nitrogen and oxygen atoms in total. The average Bonchev–Trinajstić information content (AvgIpc) is 3.25. The van der Waals surface area contributed by atoms with Crippen molar-refractivity contribution in [3.05, 3.63) is 71.8 Å². The molecule has 0 unspecified atom stereocenters. The molecular weight excluding hydrogens is 442 g/mol. The van der Waals surface area contributed by atoms with E-state index >= 15 is 0 Å². The Morgan fingerprint density at radius 1 is 0.970 bits per heavy atom. The van der Waals surface area contributed by atoms with Crippen LogP contribution in [0.1, 0.15) is 15.9 Å². The predicted molar refractivity (Wildman–Crippen MR) is 126 cm³/mol. The molecule has 0 saturated carbocycles. The number of ether oxygens (including phenoxy) is 2. The summed E-state index contributed by atoms with van der Waals surface area (Å²) in [5.41, 5.74) is 3.57. The van der Waals surface area contributed by atoms with Gasteiger partial charge in [-0.05, 0) is 66.9 Å². The number of nitrogens with one attached hydrogen (secondary N) is 2. The molecular formula is C24H21N3O5S. The van der Waals surface area contributed by atoms with Crippen molar-refractivity contribution in [3.63, 3.8) is 0 Å². The van der Waals surface area contributed by atoms with Crippen LogP contribution in [0, 0.1) is 6.92 Å². The highest BCUT2D eigenvalue weighted by Gasteiger charge is 2.15. The first-order valence-electron chi connectivity index (χ1n) is 9.95. The van der Waals surface area contributed by atoms with Crippen LogP contribution in [-0.4, -0.2) is 31.1 Å². The van der Waals surface area contributed by atoms with Crippen LogP contribution in [-0.2, 0) is 0 Å². The number of oxazole rings is 1. The number of amides is 3. The first kappa shape index (κ1) is 22.2. The Labute approximate surface area is 194 Å². The highest BCUT2D eigenvalue weighted by atomic mass is 32.2. The highest BCUT2D eigenvalue weighted by Crippen LogP contribution is 2.29. The van der Waals surface area contributed by atoms with Gasteiger partial charge in [0.15, 0.2) is 17.1 Å². The second kappa shape index (κ2) is 9.66. The molecule has 9 heteroatoms. The van der Waals surface area contributed by atoms with E-state index in [1.165, 1.54) is 20.3 Å². The third-order valence-electron chi connectivity index (χ3n) is 4.87. The molecule has 0 atom stereocenters. The number of rotatable bonds is 6. The molecule has 0 saturated heterocycles. The molecule has 0 radical (unpaired) electrons. The molecule has 0 fully saturated rings. The molecule has 168 valence electrons. The number of carbonyl (C=O) groups excluding carboxylic acids is 2. The van der Waals surface area contributed by atoms with E-state index in [4.69, 9.17) is 13.9 Å². The van der Waals surface area contributed by atoms with E-state index in [1.54, 1.807) is 24.3 Å². The minimum absolute atomic E-state index is 0.264. The van der Waals surface area contributed by atoms with E-state index in [1.807, 2.05) is 37.3 Å². The fourth-order valence-electron chi connectivity index (χ4n) is 3.18. The van der Waals surface area contributed by atoms with Gasteiger partial charge < -0.3 is 13.9 Å². The summed E-state index contributed by atoms with van der Waals surface area (Å²) in [5, 5.41) is 2.28. The molecule has 4 aromatic rings. The molecule has 0 aliphatic carbocycles. The third kappa shape index (κ3) is 4.93. The number of hydrogen-bond acceptors (Lipinski definition) is 7. The van der Waals surface area contributed by atoms with Crippen molar-refractivity contribution < 1.29 is 23.5 Å². The largest absolute Gasteiger partial charge is 0.493 e. The minimum Gasteiger partial charge on any atom is -0.493 e. The molecule has 1 aromatic heterocycles. The molecule has 4 rings (SSSR count). The number of urea groups is 1. The predicted octanol–water partition coefficient (Wildman–Crippen LogP) is 4.97. The van der Waals surface area contributed by atoms with E-state index in [-0.39, 0.29) is 5.56 Å². The summed E-state index contributed by atoms with van der Waals surface area (Å²) in [5.74, 6) is 0.856. The Morgan fingerprint density at radius 2 is 1.76 bits per heavy atom. The van der Waals surface area contributed by atoms with Gasteiger partial charge in [-0.1, -0.05) is 18.2 Å². The number of methoxy groups -OCH3 is 2. The van der Waals surface area contributed by atoms with E-state index in [2.05, 4.69) is 15.0 Å². The second-order valence-corrected chi connectivity index (χ2v) is 7.90. The second-order valence-electron chi connectivity index (χ2n) is 7.02. The zero-order chi connectivity index (χ0) is 23.4. The van der Waals surface area contributed by atoms with Crippen molar-refractivity contribution >= 4 is 35.0 Å². The summed E-state index contributed by atoms with van der Waals surface area (Å²) >= 11 is 1.06. The van der Waals surface area contributed by atoms with Crippen molar-refractivity contribution in [2.75, 3.05) is 14.2 Å². The van der Waals surface area contributed by atoms with Crippen molar-refractivity contribution in [1.82, 2.24) is 15.0 Å². The van der Waals surface area contributed by atoms with Crippen LogP contribution in [0.5, 0.6) is 11.5 Å². The number of hydrogen-bond donors (Lipinski definition) is 2. The summed E-state index contributed by atoms with van der Waals surface area (Å²) in [6.07, 6.45) is 0. The number of aromatic nitrogens is 1. The molecule has 0 bridgehead atoms. The maximum Gasteiger partial charge on any atom is 0.331 e. The Bertz CT molecular complexity index is 1330. The monoisotopic (exact) mass is 463 g/mol. The quantitative estimate of drug-likeness (QED) is 0.389. The molecule has 0 aliphatic rings. The lowest BCUT2D eigenvalue weighted by Gasteiger charge is -2.10. The number of benzene rings is 3. The Balaban J connectivity index is 1.40. The van der Waals surface area contributed by atoms with Crippen molar-refractivity contribution in [2.45, 2.75) is 11.8 Å². The maximum atomic E-state index is 12.4. The molecule has 3 aromatic carbocycles. The Kier molecular flexibility index (Phi) is 6.50. The lowest BCUT2D eigenvalue weighted by molar-refractivity contribution is 0.0965. The van der Waals surface area contributed by atoms with Crippen molar-refractivity contribution in [1.29, 1.82) is 0 Å². The van der Waals surface area contributed by atoms with Gasteiger partial charge in [0.25, 0.3) is 5.91 Å². The summed E-state index contributed by atoms with van der Waals surface area (Å²) in [7, 11) is 2.97. The topological polar surface area (TPSA) is 103 Å². The van der Waals surface area contributed by atoms with Gasteiger partial charge in [-0.15, -0.1) is 0 Å². The van der Waals surface area contributed by atoms with Crippen molar-refractivity contribution in [3.8, 4) is 23.0 Å². The van der Waals surface area contributed by atoms with Crippen LogP contribution < -0.4 is 19.5 Å². The fraction of sp³-hybridized carbons (Fsp3) is 0.125. The Morgan fingerprint density at radius 3 is 2.52 bits per heavy atom. The zero-order valence-electron chi connectivity index (χ0n) is 18.2. The van der Waals surface area contributed by atoms with Crippen LogP contribution in [0.15, 0.2) is 70.0 Å². The van der Waals surface area contributed by atoms with Crippen LogP contribution in [0.2, 0.25) is 0 Å². The van der Waals surface area contributed by atoms with Crippen LogP contribution in [0.25, 0.3) is 22.6 Å². The lowest BCUT2D eigenvalue weighted by Crippen LogP contribution is -2.36. The van der Waals surface area contributed by atoms with E-state index in [0.29, 0.717) is 28.5 Å². The van der Waals surface area contributed by atoms with Crippen LogP contribution >= 0.6 is 11.9 Å². The van der Waals surface area contributed by atoms with E-state index in [9.17, 15) is 9.59 Å². The van der Waals surface area contributed by atoms with Gasteiger partial charge in [0.2, 0.25) is 5.89 Å². The van der Waals surface area contributed by atoms with Gasteiger partial charge in [-0.25, -0.2) is 9.78 Å². The molecule has 1 heterocycles. The molecule has 33 heavy (non-hydrogen) atoms. The summed E-state index contributed by atoms with van der Waals surface area (Å²) in [6, 6.07) is 17.2. The van der Waals surface area contributed by atoms with Crippen LogP contribution in [0.4, 0.5) is 4.79 Å². The standard InChI is InChI=1S/C24H21N3O5S/c1-14-6-4-5-7-17(14)23-25-18-13-16(9-11-19(18)32-23)33-27-24(29)26-22(28)15-8-10-20(30-2)21(12-15)31-3/h4-13H,1-3H3,(H2,26,27,28,29). The van der Waals surface area contributed by atoms with Crippen LogP contribution in [0.3, 0.4) is 0 Å². The normalized spacial score (nSPS) is 10.6. The number of nitrogens with zero attached hydrogens (tertiary/aromatic N) is 1. The van der Waals surface area contributed by atoms with Gasteiger partial charge in [0.1, 0.15) is 5.52 Å². The first-order chi connectivity index (χ1) is 16.0. The van der Waals surface area contributed by atoms with Gasteiger partial charge in [0.05, 0.1) is 14.2 Å². The molecule has 0 aliphatic heterocycles. The molecule has 2 N–H and O–H groups in total. The van der Waals surface area contributed by atoms with E-state index < -0.39 is 11.9 Å². The smallest absolute Gasteiger partial charge is 0.331 e. The first-order valence-corrected chi connectivity index (χ1v) is 10.8. The van der Waals surface area contributed by atoms with Crippen molar-refractivity contribution in [2.24, 2.45) is 0 Å². The lowest BCUT2D eigenvalue weighted by atomic mass is 10.1. The number of carbonyl (C=O) groups is 2. The molecule has 0 spiro atoms. The highest BCUT2D eigenvalue weighted by molar-refractivity contribution is 7.98. The zero-order valence-corrected chi connectivity index (χ0v) is 19.0. The number of aryl methyl sites for hydroxylation is 1. The average molecular weight is 464 g/mol. The number of imide groups is 1. The summed E-state index contributed by atoms with van der Waals surface area (Å²) in [6.45, 7) is 2.00. The van der Waals surface area contributed by atoms with Gasteiger partial charge in [-0.3, -0.25) is 14.8 Å². The number of fused-ring (bicyclic) bond motifs is 1. The maximum absolute atomic E-state index is 12.4. The third-order valence-corrected chi connectivity index (χ3v) is 5.65. The van der Waals surface area contributed by atoms with Gasteiger partial charge in [0, 0.05) is 16.0 Å². The SMILES string of the molecule is COc1ccc(C(=O)NC(=O)NSc2ccc3oc(-c4ccccc4C)nc3c2)cc1OC. The summed E-state index contributed by atoms with van der Waals surface area (Å²) in [4.78, 5) is 29.9. The minimum atomic E-state index is -0.652. The molecule has 3 amide bonds. The van der Waals surface area contributed by atoms with E-state index in [0.717, 1.165) is 28.0 Å². The van der Waals surface area contributed by atoms with Gasteiger partial charge in [-0.2, -0.15) is 0 Å². The van der Waals surface area contributed by atoms with Gasteiger partial charge >= 0.3 is 6.03 Å². The Hall–Kier alpha value is -3.98. The summed E-state index contributed by atoms with van der Waals surface area (Å²) < 4.78 is 18.8. The fourth-order valence-corrected chi connectivity index (χ4v) is 3.75.